The lowest BCUT2D eigenvalue weighted by atomic mass is 10.2. The van der Waals surface area contributed by atoms with Gasteiger partial charge in [0.2, 0.25) is 0 Å². The van der Waals surface area contributed by atoms with Crippen LogP contribution in [-0.2, 0) is 10.0 Å². The molecule has 0 aliphatic heterocycles. The lowest BCUT2D eigenvalue weighted by Crippen LogP contribution is -2.14. The van der Waals surface area contributed by atoms with E-state index >= 15 is 0 Å². The Balaban J connectivity index is 2.10. The maximum Gasteiger partial charge on any atom is 0.265 e. The molecule has 3 rings (SSSR count). The lowest BCUT2D eigenvalue weighted by Gasteiger charge is -2.10. The predicted molar refractivity (Wildman–Crippen MR) is 80.6 cm³/mol. The normalized spacial score (nSPS) is 11.7. The summed E-state index contributed by atoms with van der Waals surface area (Å²) in [6, 6.07) is 8.92. The van der Waals surface area contributed by atoms with Gasteiger partial charge in [0.25, 0.3) is 10.0 Å². The van der Waals surface area contributed by atoms with Gasteiger partial charge in [0.15, 0.2) is 0 Å². The Morgan fingerprint density at radius 1 is 1.14 bits per heavy atom. The van der Waals surface area contributed by atoms with E-state index in [1.54, 1.807) is 38.2 Å². The SMILES string of the molecule is Cc1n[nH]c(C)c1S(=O)(=O)Nc1cccc2ncccc12. The third-order valence-electron chi connectivity index (χ3n) is 3.22. The highest BCUT2D eigenvalue weighted by atomic mass is 32.2. The second-order valence-electron chi connectivity index (χ2n) is 4.74. The highest BCUT2D eigenvalue weighted by molar-refractivity contribution is 7.92. The molecule has 0 amide bonds. The molecule has 0 spiro atoms. The number of nitrogens with one attached hydrogen (secondary N) is 2. The summed E-state index contributed by atoms with van der Waals surface area (Å²) in [6.45, 7) is 3.34. The van der Waals surface area contributed by atoms with E-state index < -0.39 is 10.0 Å². The minimum atomic E-state index is -3.69. The first-order valence-electron chi connectivity index (χ1n) is 6.37. The molecule has 0 radical (unpaired) electrons. The second-order valence-corrected chi connectivity index (χ2v) is 6.36. The molecule has 6 nitrogen and oxygen atoms in total. The number of benzene rings is 1. The van der Waals surface area contributed by atoms with Crippen LogP contribution in [0.1, 0.15) is 11.4 Å². The van der Waals surface area contributed by atoms with Crippen LogP contribution in [0.4, 0.5) is 5.69 Å². The Labute approximate surface area is 122 Å². The van der Waals surface area contributed by atoms with Crippen molar-refractivity contribution in [1.82, 2.24) is 15.2 Å². The number of H-pyrrole nitrogens is 1. The third kappa shape index (κ3) is 2.36. The van der Waals surface area contributed by atoms with Crippen molar-refractivity contribution in [2.45, 2.75) is 18.7 Å². The van der Waals surface area contributed by atoms with Gasteiger partial charge >= 0.3 is 0 Å². The Morgan fingerprint density at radius 2 is 1.95 bits per heavy atom. The number of hydrogen-bond acceptors (Lipinski definition) is 4. The van der Waals surface area contributed by atoms with E-state index in [0.717, 1.165) is 10.9 Å². The first-order valence-corrected chi connectivity index (χ1v) is 7.85. The van der Waals surface area contributed by atoms with E-state index in [1.165, 1.54) is 0 Å². The number of pyridine rings is 1. The van der Waals surface area contributed by atoms with E-state index in [9.17, 15) is 8.42 Å². The fraction of sp³-hybridized carbons (Fsp3) is 0.143. The van der Waals surface area contributed by atoms with Gasteiger partial charge < -0.3 is 0 Å². The van der Waals surface area contributed by atoms with Crippen LogP contribution in [0, 0.1) is 13.8 Å². The van der Waals surface area contributed by atoms with Crippen molar-refractivity contribution < 1.29 is 8.42 Å². The van der Waals surface area contributed by atoms with Crippen LogP contribution < -0.4 is 4.72 Å². The van der Waals surface area contributed by atoms with Crippen LogP contribution in [0.2, 0.25) is 0 Å². The van der Waals surface area contributed by atoms with Gasteiger partial charge in [-0.25, -0.2) is 8.42 Å². The van der Waals surface area contributed by atoms with E-state index in [1.807, 2.05) is 12.1 Å². The summed E-state index contributed by atoms with van der Waals surface area (Å²) >= 11 is 0. The largest absolute Gasteiger partial charge is 0.281 e. The summed E-state index contributed by atoms with van der Waals surface area (Å²) in [5.74, 6) is 0. The van der Waals surface area contributed by atoms with Gasteiger partial charge in [0, 0.05) is 11.6 Å². The number of aromatic nitrogens is 3. The quantitative estimate of drug-likeness (QED) is 0.777. The van der Waals surface area contributed by atoms with Crippen molar-refractivity contribution >= 4 is 26.6 Å². The number of fused-ring (bicyclic) bond motifs is 1. The second kappa shape index (κ2) is 4.85. The molecule has 108 valence electrons. The van der Waals surface area contributed by atoms with Gasteiger partial charge in [-0.1, -0.05) is 6.07 Å². The molecular formula is C14H14N4O2S. The molecule has 2 heterocycles. The van der Waals surface area contributed by atoms with Crippen LogP contribution in [0.5, 0.6) is 0 Å². The van der Waals surface area contributed by atoms with Crippen LogP contribution in [0.15, 0.2) is 41.4 Å². The van der Waals surface area contributed by atoms with Crippen LogP contribution in [0.3, 0.4) is 0 Å². The zero-order chi connectivity index (χ0) is 15.0. The molecule has 2 N–H and O–H groups in total. The van der Waals surface area contributed by atoms with Crippen molar-refractivity contribution in [1.29, 1.82) is 0 Å². The van der Waals surface area contributed by atoms with Crippen molar-refractivity contribution in [3.63, 3.8) is 0 Å². The number of rotatable bonds is 3. The molecule has 7 heteroatoms. The van der Waals surface area contributed by atoms with E-state index in [4.69, 9.17) is 0 Å². The first kappa shape index (κ1) is 13.6. The molecule has 0 aliphatic carbocycles. The summed E-state index contributed by atoms with van der Waals surface area (Å²) < 4.78 is 27.7. The van der Waals surface area contributed by atoms with Crippen LogP contribution in [0.25, 0.3) is 10.9 Å². The van der Waals surface area contributed by atoms with E-state index in [2.05, 4.69) is 19.9 Å². The van der Waals surface area contributed by atoms with Gasteiger partial charge in [-0.2, -0.15) is 5.10 Å². The number of nitrogens with zero attached hydrogens (tertiary/aromatic N) is 2. The number of aryl methyl sites for hydroxylation is 2. The topological polar surface area (TPSA) is 87.7 Å². The van der Waals surface area contributed by atoms with Gasteiger partial charge in [0.1, 0.15) is 4.90 Å². The zero-order valence-corrected chi connectivity index (χ0v) is 12.4. The van der Waals surface area contributed by atoms with Crippen molar-refractivity contribution in [2.75, 3.05) is 4.72 Å². The molecule has 2 aromatic heterocycles. The summed E-state index contributed by atoms with van der Waals surface area (Å²) in [4.78, 5) is 4.40. The first-order chi connectivity index (χ1) is 9.99. The third-order valence-corrected chi connectivity index (χ3v) is 4.85. The lowest BCUT2D eigenvalue weighted by molar-refractivity contribution is 0.600. The minimum Gasteiger partial charge on any atom is -0.281 e. The number of sulfonamides is 1. The smallest absolute Gasteiger partial charge is 0.265 e. The van der Waals surface area contributed by atoms with Crippen molar-refractivity contribution in [2.24, 2.45) is 0 Å². The standard InChI is InChI=1S/C14H14N4O2S/c1-9-14(10(2)17-16-9)21(19,20)18-13-7-3-6-12-11(13)5-4-8-15-12/h3-8,18H,1-2H3,(H,16,17). The summed E-state index contributed by atoms with van der Waals surface area (Å²) in [6.07, 6.45) is 1.67. The van der Waals surface area contributed by atoms with Gasteiger partial charge in [0.05, 0.1) is 22.6 Å². The molecule has 1 aromatic carbocycles. The average Bonchev–Trinajstić information content (AvgIpc) is 2.79. The van der Waals surface area contributed by atoms with Crippen LogP contribution in [-0.4, -0.2) is 23.6 Å². The predicted octanol–water partition coefficient (Wildman–Crippen LogP) is 2.38. The maximum absolute atomic E-state index is 12.6. The molecule has 0 fully saturated rings. The Morgan fingerprint density at radius 3 is 2.67 bits per heavy atom. The van der Waals surface area contributed by atoms with Gasteiger partial charge in [-0.3, -0.25) is 14.8 Å². The molecular weight excluding hydrogens is 288 g/mol. The summed E-state index contributed by atoms with van der Waals surface area (Å²) in [5, 5.41) is 7.37. The monoisotopic (exact) mass is 302 g/mol. The van der Waals surface area contributed by atoms with E-state index in [-0.39, 0.29) is 4.90 Å². The van der Waals surface area contributed by atoms with Gasteiger partial charge in [-0.05, 0) is 38.1 Å². The molecule has 0 atom stereocenters. The average molecular weight is 302 g/mol. The number of aromatic amines is 1. The molecule has 21 heavy (non-hydrogen) atoms. The van der Waals surface area contributed by atoms with E-state index in [0.29, 0.717) is 17.1 Å². The number of anilines is 1. The fourth-order valence-corrected chi connectivity index (χ4v) is 3.78. The minimum absolute atomic E-state index is 0.184. The van der Waals surface area contributed by atoms with Gasteiger partial charge in [-0.15, -0.1) is 0 Å². The zero-order valence-electron chi connectivity index (χ0n) is 11.6. The number of hydrogen-bond donors (Lipinski definition) is 2. The molecule has 0 bridgehead atoms. The molecule has 0 saturated heterocycles. The van der Waals surface area contributed by atoms with Crippen molar-refractivity contribution in [3.8, 4) is 0 Å². The molecule has 3 aromatic rings. The molecule has 0 saturated carbocycles. The molecule has 0 aliphatic rings. The highest BCUT2D eigenvalue weighted by Crippen LogP contribution is 2.26. The summed E-state index contributed by atoms with van der Waals surface area (Å²) in [7, 11) is -3.69. The van der Waals surface area contributed by atoms with Crippen molar-refractivity contribution in [3.05, 3.63) is 47.9 Å². The maximum atomic E-state index is 12.6. The Hall–Kier alpha value is -2.41. The molecule has 0 unspecified atom stereocenters. The highest BCUT2D eigenvalue weighted by Gasteiger charge is 2.22. The van der Waals surface area contributed by atoms with Crippen LogP contribution >= 0.6 is 0 Å². The summed E-state index contributed by atoms with van der Waals surface area (Å²) in [5.41, 5.74) is 2.19. The Bertz CT molecular complexity index is 891. The Kier molecular flexibility index (Phi) is 3.13. The fourth-order valence-electron chi connectivity index (χ4n) is 2.32.